The van der Waals surface area contributed by atoms with Crippen LogP contribution in [0.1, 0.15) is 131 Å². The van der Waals surface area contributed by atoms with Crippen molar-refractivity contribution >= 4 is 29.9 Å². The van der Waals surface area contributed by atoms with Crippen molar-refractivity contribution in [2.75, 3.05) is 0 Å². The van der Waals surface area contributed by atoms with Gasteiger partial charge in [-0.2, -0.15) is 0 Å². The lowest BCUT2D eigenvalue weighted by Gasteiger charge is -2.15. The monoisotopic (exact) mass is 586 g/mol. The molecule has 0 unspecified atom stereocenters. The molecule has 0 spiro atoms. The van der Waals surface area contributed by atoms with Crippen LogP contribution in [0.2, 0.25) is 0 Å². The Morgan fingerprint density at radius 2 is 1.16 bits per heavy atom. The molecule has 2 aromatic heterocycles. The average Bonchev–Trinajstić information content (AvgIpc) is 3.60. The zero-order valence-electron chi connectivity index (χ0n) is 27.0. The van der Waals surface area contributed by atoms with Gasteiger partial charge in [0.1, 0.15) is 0 Å². The van der Waals surface area contributed by atoms with E-state index in [2.05, 4.69) is 48.3 Å². The smallest absolute Gasteiger partial charge is 0.303 e. The predicted octanol–water partition coefficient (Wildman–Crippen LogP) is 7.04. The number of rotatable bonds is 11. The fourth-order valence-corrected chi connectivity index (χ4v) is 6.74. The van der Waals surface area contributed by atoms with E-state index >= 15 is 0 Å². The summed E-state index contributed by atoms with van der Waals surface area (Å²) in [5.74, 6) is -0.887. The van der Waals surface area contributed by atoms with Crippen LogP contribution < -0.4 is 10.6 Å². The van der Waals surface area contributed by atoms with Crippen molar-refractivity contribution in [2.24, 2.45) is 0 Å². The summed E-state index contributed by atoms with van der Waals surface area (Å²) in [6, 6.07) is 0. The summed E-state index contributed by atoms with van der Waals surface area (Å²) in [4.78, 5) is 43.9. The number of carbonyl (C=O) groups is 3. The first-order valence-corrected chi connectivity index (χ1v) is 15.4. The number of hydrogen-bond acceptors (Lipinski definition) is 3. The van der Waals surface area contributed by atoms with Gasteiger partial charge in [-0.15, -0.1) is 0 Å². The van der Waals surface area contributed by atoms with Gasteiger partial charge in [-0.3, -0.25) is 14.4 Å². The Bertz CT molecular complexity index is 1610. The number of allylic oxidation sites excluding steroid dienone is 2. The molecule has 5 N–H and O–H groups in total. The molecule has 2 atom stereocenters. The summed E-state index contributed by atoms with van der Waals surface area (Å²) in [7, 11) is 0. The minimum Gasteiger partial charge on any atom is -0.481 e. The molecule has 8 heteroatoms. The van der Waals surface area contributed by atoms with E-state index in [4.69, 9.17) is 0 Å². The molecular formula is C35H46N4O4. The van der Waals surface area contributed by atoms with Crippen molar-refractivity contribution in [2.45, 2.75) is 106 Å². The fraction of sp³-hybridized carbons (Fsp3) is 0.457. The van der Waals surface area contributed by atoms with E-state index in [1.54, 1.807) is 0 Å². The normalized spacial score (nSPS) is 18.7. The van der Waals surface area contributed by atoms with Crippen LogP contribution >= 0.6 is 0 Å². The molecule has 0 aromatic carbocycles. The Morgan fingerprint density at radius 1 is 0.744 bits per heavy atom. The van der Waals surface area contributed by atoms with E-state index in [0.29, 0.717) is 12.3 Å². The van der Waals surface area contributed by atoms with Crippen LogP contribution in [0.15, 0.2) is 33.7 Å². The number of aliphatic carboxylic acids is 1. The van der Waals surface area contributed by atoms with Crippen LogP contribution in [0.25, 0.3) is 12.2 Å². The van der Waals surface area contributed by atoms with Gasteiger partial charge in [0.05, 0.1) is 6.42 Å². The number of nitrogens with one attached hydrogen (secondary N) is 4. The Balaban J connectivity index is 1.85. The quantitative estimate of drug-likeness (QED) is 0.194. The van der Waals surface area contributed by atoms with Crippen LogP contribution in [-0.2, 0) is 20.8 Å². The number of hydrogen-bond donors (Lipinski definition) is 5. The molecule has 4 rings (SSSR count). The maximum atomic E-state index is 12.4. The van der Waals surface area contributed by atoms with Gasteiger partial charge < -0.3 is 25.7 Å². The zero-order chi connectivity index (χ0) is 31.7. The second-order valence-electron chi connectivity index (χ2n) is 12.0. The summed E-state index contributed by atoms with van der Waals surface area (Å²) >= 11 is 0. The third-order valence-electron chi connectivity index (χ3n) is 9.29. The number of carboxylic acids is 1. The highest BCUT2D eigenvalue weighted by atomic mass is 16.4. The van der Waals surface area contributed by atoms with E-state index in [-0.39, 0.29) is 24.2 Å². The van der Waals surface area contributed by atoms with Crippen LogP contribution in [0.4, 0.5) is 0 Å². The lowest BCUT2D eigenvalue weighted by Crippen LogP contribution is -2.15. The SMILES string of the molecule is CCC1=C(C)C(=O)N/C1=C\c1[nH]c(Cc2[nH]c(/C=C3\NC(=O)C(C)=C3CC)c(C)c2[C@@H](C)CC)c([C@H](C)CC(=O)O)c1C. The Morgan fingerprint density at radius 3 is 1.53 bits per heavy atom. The molecule has 2 aromatic rings. The summed E-state index contributed by atoms with van der Waals surface area (Å²) in [5.41, 5.74) is 13.4. The van der Waals surface area contributed by atoms with Crippen molar-refractivity contribution in [3.63, 3.8) is 0 Å². The number of carboxylic acid groups (broad SMARTS) is 1. The zero-order valence-corrected chi connectivity index (χ0v) is 27.0. The van der Waals surface area contributed by atoms with Crippen LogP contribution in [0.3, 0.4) is 0 Å². The highest BCUT2D eigenvalue weighted by Crippen LogP contribution is 2.37. The Labute approximate surface area is 254 Å². The highest BCUT2D eigenvalue weighted by Gasteiger charge is 2.28. The number of amides is 2. The maximum Gasteiger partial charge on any atom is 0.303 e. The van der Waals surface area contributed by atoms with Gasteiger partial charge in [0, 0.05) is 51.7 Å². The molecular weight excluding hydrogens is 540 g/mol. The minimum atomic E-state index is -0.840. The van der Waals surface area contributed by atoms with Gasteiger partial charge in [-0.1, -0.05) is 34.6 Å². The molecule has 230 valence electrons. The van der Waals surface area contributed by atoms with E-state index in [1.165, 1.54) is 5.56 Å². The minimum absolute atomic E-state index is 0.0160. The third kappa shape index (κ3) is 6.05. The first-order chi connectivity index (χ1) is 20.3. The van der Waals surface area contributed by atoms with Crippen LogP contribution in [0.5, 0.6) is 0 Å². The molecule has 2 amide bonds. The van der Waals surface area contributed by atoms with Gasteiger partial charge in [-0.25, -0.2) is 0 Å². The molecule has 8 nitrogen and oxygen atoms in total. The fourth-order valence-electron chi connectivity index (χ4n) is 6.74. The van der Waals surface area contributed by atoms with Gasteiger partial charge in [0.2, 0.25) is 0 Å². The lowest BCUT2D eigenvalue weighted by atomic mass is 9.89. The van der Waals surface area contributed by atoms with Gasteiger partial charge in [0.15, 0.2) is 0 Å². The molecule has 2 aliphatic rings. The van der Waals surface area contributed by atoms with Gasteiger partial charge in [0.25, 0.3) is 11.8 Å². The van der Waals surface area contributed by atoms with Gasteiger partial charge >= 0.3 is 5.97 Å². The second-order valence-corrected chi connectivity index (χ2v) is 12.0. The number of carbonyl (C=O) groups excluding carboxylic acids is 2. The molecule has 0 bridgehead atoms. The summed E-state index contributed by atoms with van der Waals surface area (Å²) in [6.07, 6.45) is 7.08. The van der Waals surface area contributed by atoms with Crippen molar-refractivity contribution in [1.82, 2.24) is 20.6 Å². The highest BCUT2D eigenvalue weighted by molar-refractivity contribution is 6.01. The Hall–Kier alpha value is -4.07. The maximum absolute atomic E-state index is 12.4. The number of aromatic amines is 2. The summed E-state index contributed by atoms with van der Waals surface area (Å²) < 4.78 is 0. The second kappa shape index (κ2) is 12.7. The molecule has 0 aliphatic carbocycles. The van der Waals surface area contributed by atoms with E-state index < -0.39 is 5.97 Å². The molecule has 4 heterocycles. The molecule has 0 radical (unpaired) electrons. The van der Waals surface area contributed by atoms with Crippen LogP contribution in [0, 0.1) is 13.8 Å². The molecule has 0 saturated heterocycles. The Kier molecular flexibility index (Phi) is 9.38. The van der Waals surface area contributed by atoms with E-state index in [9.17, 15) is 19.5 Å². The van der Waals surface area contributed by atoms with Gasteiger partial charge in [-0.05, 0) is 104 Å². The summed E-state index contributed by atoms with van der Waals surface area (Å²) in [5, 5.41) is 15.7. The first-order valence-electron chi connectivity index (χ1n) is 15.4. The van der Waals surface area contributed by atoms with Crippen molar-refractivity contribution in [3.05, 3.63) is 78.7 Å². The van der Waals surface area contributed by atoms with Crippen molar-refractivity contribution in [3.8, 4) is 0 Å². The molecule has 0 saturated carbocycles. The van der Waals surface area contributed by atoms with Crippen molar-refractivity contribution in [1.29, 1.82) is 0 Å². The lowest BCUT2D eigenvalue weighted by molar-refractivity contribution is -0.137. The largest absolute Gasteiger partial charge is 0.481 e. The first kappa shape index (κ1) is 31.9. The number of H-pyrrole nitrogens is 2. The summed E-state index contributed by atoms with van der Waals surface area (Å²) in [6.45, 7) is 18.3. The van der Waals surface area contributed by atoms with E-state index in [0.717, 1.165) is 92.4 Å². The molecule has 2 aliphatic heterocycles. The predicted molar refractivity (Wildman–Crippen MR) is 171 cm³/mol. The standard InChI is InChI=1S/C35H46N4O4/c1-10-17(4)32-21(8)25(14-27-23(11-2)19(6)34(42)38-27)36-29(32)16-30-33(18(5)13-31(40)41)22(9)26(37-30)15-28-24(12-3)20(7)35(43)39-28/h14-15,17-18,36-37H,10-13,16H2,1-9H3,(H,38,42)(H,39,43)(H,40,41)/b27-14-,28-15-/t17-,18+/m0/s1. The third-order valence-corrected chi connectivity index (χ3v) is 9.29. The topological polar surface area (TPSA) is 127 Å². The molecule has 0 fully saturated rings. The molecule has 43 heavy (non-hydrogen) atoms. The van der Waals surface area contributed by atoms with E-state index in [1.807, 2.05) is 46.8 Å². The average molecular weight is 587 g/mol. The number of aromatic nitrogens is 2. The van der Waals surface area contributed by atoms with Crippen molar-refractivity contribution < 1.29 is 19.5 Å². The van der Waals surface area contributed by atoms with Crippen LogP contribution in [-0.4, -0.2) is 32.9 Å².